The number of fused-ring (bicyclic) bond motifs is 1. The smallest absolute Gasteiger partial charge is 0.253 e. The van der Waals surface area contributed by atoms with Crippen molar-refractivity contribution in [1.29, 1.82) is 0 Å². The van der Waals surface area contributed by atoms with Gasteiger partial charge in [-0.1, -0.05) is 12.1 Å². The van der Waals surface area contributed by atoms with Gasteiger partial charge in [0.05, 0.1) is 18.4 Å². The van der Waals surface area contributed by atoms with Crippen LogP contribution in [-0.2, 0) is 6.42 Å². The molecule has 5 nitrogen and oxygen atoms in total. The first-order chi connectivity index (χ1) is 11.7. The van der Waals surface area contributed by atoms with E-state index in [0.29, 0.717) is 6.54 Å². The van der Waals surface area contributed by atoms with Crippen molar-refractivity contribution in [3.05, 3.63) is 59.9 Å². The van der Waals surface area contributed by atoms with E-state index in [1.165, 1.54) is 0 Å². The third-order valence-electron chi connectivity index (χ3n) is 4.24. The lowest BCUT2D eigenvalue weighted by Gasteiger charge is -2.11. The molecule has 3 heterocycles. The molecule has 2 aromatic heterocycles. The van der Waals surface area contributed by atoms with E-state index in [4.69, 9.17) is 4.74 Å². The van der Waals surface area contributed by atoms with Crippen molar-refractivity contribution in [2.75, 3.05) is 13.7 Å². The Morgan fingerprint density at radius 3 is 2.88 bits per heavy atom. The molecule has 0 atom stereocenters. The lowest BCUT2D eigenvalue weighted by molar-refractivity contribution is 0.0946. The number of benzene rings is 1. The van der Waals surface area contributed by atoms with E-state index < -0.39 is 0 Å². The Morgan fingerprint density at radius 2 is 2.04 bits per heavy atom. The van der Waals surface area contributed by atoms with Gasteiger partial charge in [0.1, 0.15) is 5.75 Å². The molecule has 5 heteroatoms. The zero-order valence-corrected chi connectivity index (χ0v) is 13.3. The van der Waals surface area contributed by atoms with Crippen molar-refractivity contribution in [2.24, 2.45) is 0 Å². The number of carbonyl (C=O) groups excluding carboxylic acids is 1. The monoisotopic (exact) mass is 319 g/mol. The Kier molecular flexibility index (Phi) is 3.54. The van der Waals surface area contributed by atoms with Gasteiger partial charge in [0.2, 0.25) is 0 Å². The summed E-state index contributed by atoms with van der Waals surface area (Å²) < 4.78 is 5.28. The van der Waals surface area contributed by atoms with Gasteiger partial charge in [-0.05, 0) is 30.3 Å². The molecule has 0 radical (unpaired) electrons. The molecular formula is C19H17N3O2. The van der Waals surface area contributed by atoms with Gasteiger partial charge in [0.15, 0.2) is 0 Å². The fourth-order valence-electron chi connectivity index (χ4n) is 2.99. The highest BCUT2D eigenvalue weighted by Gasteiger charge is 2.20. The number of ether oxygens (including phenoxy) is 1. The summed E-state index contributed by atoms with van der Waals surface area (Å²) in [6.07, 6.45) is 2.61. The van der Waals surface area contributed by atoms with Crippen molar-refractivity contribution in [1.82, 2.24) is 15.3 Å². The third kappa shape index (κ3) is 2.54. The number of hydrogen-bond acceptors (Lipinski definition) is 3. The van der Waals surface area contributed by atoms with Gasteiger partial charge in [0, 0.05) is 41.7 Å². The number of amides is 1. The van der Waals surface area contributed by atoms with Gasteiger partial charge in [0.25, 0.3) is 5.91 Å². The van der Waals surface area contributed by atoms with Crippen LogP contribution in [0.2, 0.25) is 0 Å². The van der Waals surface area contributed by atoms with E-state index in [1.807, 2.05) is 42.5 Å². The lowest BCUT2D eigenvalue weighted by atomic mass is 10.1. The minimum atomic E-state index is -0.0131. The number of nitrogens with zero attached hydrogens (tertiary/aromatic N) is 1. The number of rotatable bonds is 3. The van der Waals surface area contributed by atoms with Crippen LogP contribution in [0.3, 0.4) is 0 Å². The van der Waals surface area contributed by atoms with Crippen LogP contribution < -0.4 is 10.1 Å². The van der Waals surface area contributed by atoms with Crippen LogP contribution in [0.1, 0.15) is 16.1 Å². The predicted molar refractivity (Wildman–Crippen MR) is 92.0 cm³/mol. The van der Waals surface area contributed by atoms with Crippen molar-refractivity contribution < 1.29 is 9.53 Å². The number of hydrogen-bond donors (Lipinski definition) is 2. The molecule has 3 aromatic rings. The van der Waals surface area contributed by atoms with Crippen LogP contribution in [0.4, 0.5) is 0 Å². The molecule has 0 unspecified atom stereocenters. The largest absolute Gasteiger partial charge is 0.497 e. The molecule has 1 aromatic carbocycles. The molecule has 120 valence electrons. The highest BCUT2D eigenvalue weighted by molar-refractivity contribution is 5.97. The first-order valence-corrected chi connectivity index (χ1v) is 7.85. The Labute approximate surface area is 139 Å². The van der Waals surface area contributed by atoms with E-state index in [-0.39, 0.29) is 5.91 Å². The second-order valence-corrected chi connectivity index (χ2v) is 5.74. The summed E-state index contributed by atoms with van der Waals surface area (Å²) >= 11 is 0. The van der Waals surface area contributed by atoms with E-state index in [0.717, 1.165) is 45.9 Å². The van der Waals surface area contributed by atoms with Crippen LogP contribution >= 0.6 is 0 Å². The van der Waals surface area contributed by atoms with Gasteiger partial charge in [-0.3, -0.25) is 9.78 Å². The summed E-state index contributed by atoms with van der Waals surface area (Å²) in [6, 6.07) is 13.7. The number of aromatic nitrogens is 2. The molecule has 1 amide bonds. The Hall–Kier alpha value is -3.08. The van der Waals surface area contributed by atoms with E-state index in [1.54, 1.807) is 13.3 Å². The highest BCUT2D eigenvalue weighted by atomic mass is 16.5. The molecule has 1 aliphatic rings. The number of nitrogens with one attached hydrogen (secondary N) is 2. The van der Waals surface area contributed by atoms with Crippen molar-refractivity contribution in [3.8, 4) is 28.3 Å². The summed E-state index contributed by atoms with van der Waals surface area (Å²) in [5.74, 6) is 0.785. The number of H-pyrrole nitrogens is 1. The first-order valence-electron chi connectivity index (χ1n) is 7.85. The van der Waals surface area contributed by atoms with Crippen LogP contribution in [0.5, 0.6) is 5.75 Å². The zero-order chi connectivity index (χ0) is 16.5. The number of carbonyl (C=O) groups is 1. The summed E-state index contributed by atoms with van der Waals surface area (Å²) in [6.45, 7) is 0.678. The van der Waals surface area contributed by atoms with E-state index in [2.05, 4.69) is 15.3 Å². The normalized spacial score (nSPS) is 13.3. The lowest BCUT2D eigenvalue weighted by Crippen LogP contribution is -2.31. The molecule has 1 aliphatic heterocycles. The molecule has 0 spiro atoms. The molecule has 4 rings (SSSR count). The maximum absolute atomic E-state index is 11.9. The second kappa shape index (κ2) is 5.85. The SMILES string of the molecule is COc1cccc(-c2cc(-c3cc4c([nH]3)CCNC4=O)ccn2)c1. The average molecular weight is 319 g/mol. The summed E-state index contributed by atoms with van der Waals surface area (Å²) in [4.78, 5) is 19.8. The van der Waals surface area contributed by atoms with E-state index in [9.17, 15) is 4.79 Å². The summed E-state index contributed by atoms with van der Waals surface area (Å²) in [5, 5.41) is 2.87. The Morgan fingerprint density at radius 1 is 1.12 bits per heavy atom. The molecule has 24 heavy (non-hydrogen) atoms. The fourth-order valence-corrected chi connectivity index (χ4v) is 2.99. The van der Waals surface area contributed by atoms with Crippen molar-refractivity contribution in [3.63, 3.8) is 0 Å². The van der Waals surface area contributed by atoms with Crippen LogP contribution in [-0.4, -0.2) is 29.5 Å². The molecule has 2 N–H and O–H groups in total. The van der Waals surface area contributed by atoms with Crippen LogP contribution in [0.15, 0.2) is 48.7 Å². The maximum atomic E-state index is 11.9. The van der Waals surface area contributed by atoms with Gasteiger partial charge in [-0.15, -0.1) is 0 Å². The van der Waals surface area contributed by atoms with Gasteiger partial charge in [-0.2, -0.15) is 0 Å². The molecular weight excluding hydrogens is 302 g/mol. The minimum absolute atomic E-state index is 0.0131. The fraction of sp³-hybridized carbons (Fsp3) is 0.158. The zero-order valence-electron chi connectivity index (χ0n) is 13.3. The summed E-state index contributed by atoms with van der Waals surface area (Å²) in [7, 11) is 1.65. The molecule has 0 bridgehead atoms. The Bertz CT molecular complexity index is 914. The molecule has 0 saturated heterocycles. The van der Waals surface area contributed by atoms with Crippen LogP contribution in [0.25, 0.3) is 22.5 Å². The third-order valence-corrected chi connectivity index (χ3v) is 4.24. The van der Waals surface area contributed by atoms with Crippen molar-refractivity contribution >= 4 is 5.91 Å². The van der Waals surface area contributed by atoms with Gasteiger partial charge < -0.3 is 15.0 Å². The van der Waals surface area contributed by atoms with Crippen LogP contribution in [0, 0.1) is 0 Å². The molecule has 0 saturated carbocycles. The van der Waals surface area contributed by atoms with Gasteiger partial charge in [-0.25, -0.2) is 0 Å². The van der Waals surface area contributed by atoms with E-state index >= 15 is 0 Å². The Balaban J connectivity index is 1.74. The first kappa shape index (κ1) is 14.5. The highest BCUT2D eigenvalue weighted by Crippen LogP contribution is 2.28. The minimum Gasteiger partial charge on any atom is -0.497 e. The van der Waals surface area contributed by atoms with Crippen molar-refractivity contribution in [2.45, 2.75) is 6.42 Å². The standard InChI is InChI=1S/C19H17N3O2/c1-24-14-4-2-3-12(9-14)17-10-13(5-7-20-17)18-11-15-16(22-18)6-8-21-19(15)23/h2-5,7,9-11,22H,6,8H2,1H3,(H,21,23). The number of methoxy groups -OCH3 is 1. The summed E-state index contributed by atoms with van der Waals surface area (Å²) in [5.41, 5.74) is 5.52. The molecule has 0 aliphatic carbocycles. The number of pyridine rings is 1. The number of aromatic amines is 1. The predicted octanol–water partition coefficient (Wildman–Crippen LogP) is 3.04. The maximum Gasteiger partial charge on any atom is 0.253 e. The van der Waals surface area contributed by atoms with Gasteiger partial charge >= 0.3 is 0 Å². The molecule has 0 fully saturated rings. The quantitative estimate of drug-likeness (QED) is 0.780. The average Bonchev–Trinajstić information content (AvgIpc) is 3.08. The topological polar surface area (TPSA) is 67.0 Å². The second-order valence-electron chi connectivity index (χ2n) is 5.74.